The molecule has 4 aromatic rings. The summed E-state index contributed by atoms with van der Waals surface area (Å²) in [5.41, 5.74) is 0.119. The van der Waals surface area contributed by atoms with E-state index in [2.05, 4.69) is 15.4 Å². The van der Waals surface area contributed by atoms with Crippen molar-refractivity contribution in [3.63, 3.8) is 0 Å². The minimum absolute atomic E-state index is 0.104. The van der Waals surface area contributed by atoms with E-state index < -0.39 is 17.2 Å². The van der Waals surface area contributed by atoms with Crippen LogP contribution < -0.4 is 21.3 Å². The number of aromatic nitrogens is 2. The van der Waals surface area contributed by atoms with Crippen LogP contribution in [0.15, 0.2) is 75.4 Å². The minimum atomic E-state index is -0.691. The van der Waals surface area contributed by atoms with Crippen LogP contribution in [0.5, 0.6) is 5.75 Å². The Morgan fingerprint density at radius 2 is 1.71 bits per heavy atom. The number of carbonyl (C=O) groups excluding carboxylic acids is 1. The molecule has 34 heavy (non-hydrogen) atoms. The lowest BCUT2D eigenvalue weighted by molar-refractivity contribution is -0.118. The smallest absolute Gasteiger partial charge is 0.349 e. The minimum Gasteiger partial charge on any atom is -0.481 e. The Labute approximate surface area is 207 Å². The summed E-state index contributed by atoms with van der Waals surface area (Å²) in [6.45, 7) is -0.336. The Morgan fingerprint density at radius 3 is 2.41 bits per heavy atom. The van der Waals surface area contributed by atoms with Crippen molar-refractivity contribution < 1.29 is 9.53 Å². The van der Waals surface area contributed by atoms with Crippen molar-refractivity contribution in [3.8, 4) is 5.75 Å². The van der Waals surface area contributed by atoms with Gasteiger partial charge in [0.2, 0.25) is 0 Å². The van der Waals surface area contributed by atoms with E-state index in [1.54, 1.807) is 48.5 Å². The standard InChI is InChI=1S/C23H15Cl3N4O4/c24-14-5-7-15(8-6-14)28-20(31)12-34-21-17(25)9-13(10-18(21)26)11-27-30-22(32)16-3-1-2-4-19(16)29-23(30)33/h1-11H,12H2,(H,28,31)(H,29,33). The molecule has 0 spiro atoms. The number of para-hydroxylation sites is 1. The first-order valence-corrected chi connectivity index (χ1v) is 10.9. The molecule has 0 unspecified atom stereocenters. The largest absolute Gasteiger partial charge is 0.481 e. The molecule has 8 nitrogen and oxygen atoms in total. The maximum absolute atomic E-state index is 12.6. The van der Waals surface area contributed by atoms with Crippen molar-refractivity contribution in [1.29, 1.82) is 0 Å². The van der Waals surface area contributed by atoms with Crippen molar-refractivity contribution in [2.75, 3.05) is 11.9 Å². The van der Waals surface area contributed by atoms with Crippen LogP contribution in [-0.2, 0) is 4.79 Å². The molecule has 0 fully saturated rings. The molecule has 11 heteroatoms. The fourth-order valence-electron chi connectivity index (χ4n) is 3.04. The normalized spacial score (nSPS) is 11.1. The summed E-state index contributed by atoms with van der Waals surface area (Å²) < 4.78 is 6.18. The van der Waals surface area contributed by atoms with Crippen molar-refractivity contribution >= 4 is 63.5 Å². The number of rotatable bonds is 6. The summed E-state index contributed by atoms with van der Waals surface area (Å²) in [5.74, 6) is -0.317. The predicted octanol–water partition coefficient (Wildman–Crippen LogP) is 4.55. The molecule has 0 aliphatic rings. The molecular weight excluding hydrogens is 503 g/mol. The molecule has 0 bridgehead atoms. The second kappa shape index (κ2) is 10.1. The van der Waals surface area contributed by atoms with E-state index >= 15 is 0 Å². The van der Waals surface area contributed by atoms with Gasteiger partial charge >= 0.3 is 5.69 Å². The molecule has 0 aliphatic heterocycles. The van der Waals surface area contributed by atoms with E-state index in [1.807, 2.05) is 0 Å². The number of anilines is 1. The number of nitrogens with zero attached hydrogens (tertiary/aromatic N) is 2. The van der Waals surface area contributed by atoms with E-state index in [0.717, 1.165) is 0 Å². The van der Waals surface area contributed by atoms with Crippen molar-refractivity contribution in [2.24, 2.45) is 5.10 Å². The number of benzene rings is 3. The van der Waals surface area contributed by atoms with Gasteiger partial charge in [-0.2, -0.15) is 5.10 Å². The maximum atomic E-state index is 12.6. The van der Waals surface area contributed by atoms with Gasteiger partial charge in [-0.05, 0) is 54.1 Å². The summed E-state index contributed by atoms with van der Waals surface area (Å²) in [5, 5.41) is 7.73. The molecule has 1 aromatic heterocycles. The number of hydrogen-bond acceptors (Lipinski definition) is 5. The number of halogens is 3. The Bertz CT molecular complexity index is 1510. The lowest BCUT2D eigenvalue weighted by Crippen LogP contribution is -2.32. The number of amides is 1. The first-order valence-electron chi connectivity index (χ1n) is 9.77. The first-order chi connectivity index (χ1) is 16.3. The second-order valence-electron chi connectivity index (χ2n) is 6.99. The Morgan fingerprint density at radius 1 is 1.03 bits per heavy atom. The first kappa shape index (κ1) is 23.6. The molecule has 4 rings (SSSR count). The molecular formula is C23H15Cl3N4O4. The quantitative estimate of drug-likeness (QED) is 0.366. The van der Waals surface area contributed by atoms with Gasteiger partial charge in [0.05, 0.1) is 27.2 Å². The summed E-state index contributed by atoms with van der Waals surface area (Å²) in [4.78, 5) is 39.5. The zero-order valence-electron chi connectivity index (χ0n) is 17.2. The molecule has 0 radical (unpaired) electrons. The van der Waals surface area contributed by atoms with Crippen molar-refractivity contribution in [3.05, 3.63) is 102 Å². The summed E-state index contributed by atoms with van der Waals surface area (Å²) in [6.07, 6.45) is 1.26. The Kier molecular flexibility index (Phi) is 7.02. The Hall–Kier alpha value is -3.59. The number of aromatic amines is 1. The van der Waals surface area contributed by atoms with Crippen LogP contribution in [0.3, 0.4) is 0 Å². The van der Waals surface area contributed by atoms with Gasteiger partial charge in [-0.15, -0.1) is 4.68 Å². The zero-order chi connectivity index (χ0) is 24.2. The molecule has 0 atom stereocenters. The summed E-state index contributed by atoms with van der Waals surface area (Å²) in [6, 6.07) is 16.2. The fraction of sp³-hybridized carbons (Fsp3) is 0.0435. The second-order valence-corrected chi connectivity index (χ2v) is 8.25. The summed E-state index contributed by atoms with van der Waals surface area (Å²) >= 11 is 18.4. The van der Waals surface area contributed by atoms with E-state index in [4.69, 9.17) is 39.5 Å². The SMILES string of the molecule is O=C(COc1c(Cl)cc(C=Nn2c(=O)[nH]c3ccccc3c2=O)cc1Cl)Nc1ccc(Cl)cc1. The third kappa shape index (κ3) is 5.31. The zero-order valence-corrected chi connectivity index (χ0v) is 19.5. The highest BCUT2D eigenvalue weighted by Crippen LogP contribution is 2.33. The van der Waals surface area contributed by atoms with Crippen LogP contribution >= 0.6 is 34.8 Å². The predicted molar refractivity (Wildman–Crippen MR) is 134 cm³/mol. The average Bonchev–Trinajstić information content (AvgIpc) is 2.80. The van der Waals surface area contributed by atoms with Gasteiger partial charge in [-0.3, -0.25) is 9.59 Å². The lowest BCUT2D eigenvalue weighted by atomic mass is 10.2. The number of nitrogens with one attached hydrogen (secondary N) is 2. The van der Waals surface area contributed by atoms with Crippen LogP contribution in [0.4, 0.5) is 5.69 Å². The Balaban J connectivity index is 1.49. The number of carbonyl (C=O) groups is 1. The molecule has 172 valence electrons. The number of hydrogen-bond donors (Lipinski definition) is 2. The van der Waals surface area contributed by atoms with Gasteiger partial charge in [0, 0.05) is 10.7 Å². The van der Waals surface area contributed by atoms with E-state index in [-0.39, 0.29) is 22.4 Å². The van der Waals surface area contributed by atoms with Gasteiger partial charge in [0.25, 0.3) is 11.5 Å². The van der Waals surface area contributed by atoms with Gasteiger partial charge in [-0.1, -0.05) is 46.9 Å². The third-order valence-electron chi connectivity index (χ3n) is 4.60. The van der Waals surface area contributed by atoms with E-state index in [9.17, 15) is 14.4 Å². The number of ether oxygens (including phenoxy) is 1. The summed E-state index contributed by atoms with van der Waals surface area (Å²) in [7, 11) is 0. The van der Waals surface area contributed by atoms with Crippen LogP contribution in [0.25, 0.3) is 10.9 Å². The lowest BCUT2D eigenvalue weighted by Gasteiger charge is -2.11. The van der Waals surface area contributed by atoms with Gasteiger partial charge in [0.1, 0.15) is 0 Å². The van der Waals surface area contributed by atoms with E-state index in [1.165, 1.54) is 18.3 Å². The fourth-order valence-corrected chi connectivity index (χ4v) is 3.78. The number of H-pyrrole nitrogens is 1. The highest BCUT2D eigenvalue weighted by atomic mass is 35.5. The molecule has 1 amide bonds. The molecule has 0 saturated heterocycles. The van der Waals surface area contributed by atoms with Crippen LogP contribution in [-0.4, -0.2) is 28.4 Å². The van der Waals surface area contributed by atoms with E-state index in [0.29, 0.717) is 31.9 Å². The van der Waals surface area contributed by atoms with Crippen LogP contribution in [0, 0.1) is 0 Å². The van der Waals surface area contributed by atoms with Gasteiger partial charge < -0.3 is 15.0 Å². The molecule has 2 N–H and O–H groups in total. The topological polar surface area (TPSA) is 106 Å². The van der Waals surface area contributed by atoms with Gasteiger partial charge in [-0.25, -0.2) is 4.79 Å². The molecule has 1 heterocycles. The highest BCUT2D eigenvalue weighted by Gasteiger charge is 2.12. The monoisotopic (exact) mass is 516 g/mol. The maximum Gasteiger partial charge on any atom is 0.349 e. The third-order valence-corrected chi connectivity index (χ3v) is 5.42. The molecule has 3 aromatic carbocycles. The average molecular weight is 518 g/mol. The van der Waals surface area contributed by atoms with Crippen LogP contribution in [0.2, 0.25) is 15.1 Å². The van der Waals surface area contributed by atoms with Gasteiger partial charge in [0.15, 0.2) is 12.4 Å². The molecule has 0 saturated carbocycles. The van der Waals surface area contributed by atoms with Crippen molar-refractivity contribution in [2.45, 2.75) is 0 Å². The molecule has 0 aliphatic carbocycles. The highest BCUT2D eigenvalue weighted by molar-refractivity contribution is 6.37. The van der Waals surface area contributed by atoms with Crippen molar-refractivity contribution in [1.82, 2.24) is 9.66 Å². The van der Waals surface area contributed by atoms with Crippen LogP contribution in [0.1, 0.15) is 5.56 Å². The number of fused-ring (bicyclic) bond motifs is 1.